The number of hydrogen-bond acceptors (Lipinski definition) is 3. The Balaban J connectivity index is 1.85. The summed E-state index contributed by atoms with van der Waals surface area (Å²) in [6, 6.07) is 8.96. The fraction of sp³-hybridized carbons (Fsp3) is 0.273. The highest BCUT2D eigenvalue weighted by molar-refractivity contribution is 5.98. The normalized spacial score (nSPS) is 13.0. The number of nitrogens with zero attached hydrogens (tertiary/aromatic N) is 2. The van der Waals surface area contributed by atoms with Crippen LogP contribution in [0.5, 0.6) is 5.88 Å². The van der Waals surface area contributed by atoms with Crippen LogP contribution in [-0.2, 0) is 12.8 Å². The third kappa shape index (κ3) is 2.70. The molecule has 0 saturated carbocycles. The van der Waals surface area contributed by atoms with Crippen molar-refractivity contribution in [2.75, 3.05) is 7.11 Å². The van der Waals surface area contributed by atoms with E-state index in [1.165, 1.54) is 39.0 Å². The Morgan fingerprint density at radius 2 is 1.96 bits per heavy atom. The Kier molecular flexibility index (Phi) is 3.79. The number of benzene rings is 2. The van der Waals surface area contributed by atoms with Gasteiger partial charge in [0.05, 0.1) is 24.3 Å². The maximum absolute atomic E-state index is 5.23. The second kappa shape index (κ2) is 5.99. The molecule has 2 aromatic carbocycles. The van der Waals surface area contributed by atoms with E-state index in [0.717, 1.165) is 23.9 Å². The second-order valence-corrected chi connectivity index (χ2v) is 6.77. The highest BCUT2D eigenvalue weighted by Gasteiger charge is 2.19. The van der Waals surface area contributed by atoms with Crippen molar-refractivity contribution >= 4 is 22.7 Å². The first-order valence-corrected chi connectivity index (χ1v) is 8.73. The molecule has 4 rings (SSSR count). The van der Waals surface area contributed by atoms with Crippen LogP contribution in [0, 0.1) is 13.8 Å². The summed E-state index contributed by atoms with van der Waals surface area (Å²) in [5.41, 5.74) is 11.1. The van der Waals surface area contributed by atoms with Gasteiger partial charge in [-0.15, -0.1) is 0 Å². The summed E-state index contributed by atoms with van der Waals surface area (Å²) in [6.45, 7) is 6.52. The first-order chi connectivity index (χ1) is 12.1. The van der Waals surface area contributed by atoms with E-state index in [0.29, 0.717) is 5.88 Å². The van der Waals surface area contributed by atoms with E-state index in [1.54, 1.807) is 13.3 Å². The van der Waals surface area contributed by atoms with Crippen molar-refractivity contribution in [3.05, 3.63) is 63.8 Å². The summed E-state index contributed by atoms with van der Waals surface area (Å²) in [4.78, 5) is 9.19. The van der Waals surface area contributed by atoms with Gasteiger partial charge < -0.3 is 4.74 Å². The van der Waals surface area contributed by atoms with Crippen LogP contribution in [0.15, 0.2) is 30.5 Å². The molecule has 0 saturated heterocycles. The van der Waals surface area contributed by atoms with Gasteiger partial charge in [-0.3, -0.25) is 0 Å². The number of hydrogen-bond donors (Lipinski definition) is 0. The van der Waals surface area contributed by atoms with Gasteiger partial charge >= 0.3 is 0 Å². The zero-order chi connectivity index (χ0) is 17.6. The molecule has 0 spiro atoms. The Labute approximate surface area is 148 Å². The van der Waals surface area contributed by atoms with Gasteiger partial charge in [0.1, 0.15) is 0 Å². The zero-order valence-corrected chi connectivity index (χ0v) is 15.2. The minimum atomic E-state index is 0.552. The van der Waals surface area contributed by atoms with Crippen molar-refractivity contribution in [1.82, 2.24) is 9.97 Å². The van der Waals surface area contributed by atoms with Crippen molar-refractivity contribution in [2.45, 2.75) is 33.6 Å². The lowest BCUT2D eigenvalue weighted by Gasteiger charge is -2.10. The van der Waals surface area contributed by atoms with E-state index in [-0.39, 0.29) is 0 Å². The number of allylic oxidation sites excluding steroid dienone is 1. The van der Waals surface area contributed by atoms with Crippen LogP contribution >= 0.6 is 0 Å². The molecule has 3 heteroatoms. The van der Waals surface area contributed by atoms with Crippen LogP contribution in [-0.4, -0.2) is 17.1 Å². The van der Waals surface area contributed by atoms with Crippen LogP contribution in [0.2, 0.25) is 0 Å². The van der Waals surface area contributed by atoms with Crippen molar-refractivity contribution in [2.24, 2.45) is 0 Å². The van der Waals surface area contributed by atoms with Gasteiger partial charge in [-0.25, -0.2) is 9.97 Å². The predicted octanol–water partition coefficient (Wildman–Crippen LogP) is 4.91. The van der Waals surface area contributed by atoms with E-state index in [2.05, 4.69) is 61.1 Å². The Morgan fingerprint density at radius 1 is 1.12 bits per heavy atom. The van der Waals surface area contributed by atoms with Gasteiger partial charge in [-0.1, -0.05) is 25.1 Å². The van der Waals surface area contributed by atoms with Gasteiger partial charge in [0, 0.05) is 5.56 Å². The lowest BCUT2D eigenvalue weighted by Crippen LogP contribution is -1.96. The molecule has 1 aliphatic rings. The summed E-state index contributed by atoms with van der Waals surface area (Å²) in [7, 11) is 1.62. The van der Waals surface area contributed by atoms with Crippen molar-refractivity contribution in [3.63, 3.8) is 0 Å². The molecule has 0 fully saturated rings. The maximum atomic E-state index is 5.23. The summed E-state index contributed by atoms with van der Waals surface area (Å²) in [5, 5.41) is 0. The molecule has 0 unspecified atom stereocenters. The first-order valence-electron chi connectivity index (χ1n) is 8.73. The first kappa shape index (κ1) is 15.8. The number of rotatable bonds is 3. The largest absolute Gasteiger partial charge is 0.480 e. The Hall–Kier alpha value is -2.68. The summed E-state index contributed by atoms with van der Waals surface area (Å²) in [5.74, 6) is 0.552. The van der Waals surface area contributed by atoms with Crippen LogP contribution in [0.3, 0.4) is 0 Å². The molecule has 0 atom stereocenters. The topological polar surface area (TPSA) is 35.0 Å². The third-order valence-electron chi connectivity index (χ3n) is 5.01. The molecule has 1 aliphatic carbocycles. The SMILES string of the molecule is CCc1cc2c(cc1C)CC(c1cc(C)cc3nc(OC)cnc13)=C2. The van der Waals surface area contributed by atoms with Crippen molar-refractivity contribution in [1.29, 1.82) is 0 Å². The molecule has 0 amide bonds. The van der Waals surface area contributed by atoms with Crippen LogP contribution in [0.1, 0.15) is 40.3 Å². The maximum Gasteiger partial charge on any atom is 0.232 e. The van der Waals surface area contributed by atoms with Gasteiger partial charge in [-0.05, 0) is 72.2 Å². The van der Waals surface area contributed by atoms with Crippen LogP contribution < -0.4 is 4.74 Å². The molecule has 1 heterocycles. The Bertz CT molecular complexity index is 1020. The molecule has 1 aromatic heterocycles. The molecular formula is C22H22N2O. The van der Waals surface area contributed by atoms with E-state index < -0.39 is 0 Å². The monoisotopic (exact) mass is 330 g/mol. The smallest absolute Gasteiger partial charge is 0.232 e. The standard InChI is InChI=1S/C22H22N2O/c1-5-15-9-17-11-18(10-16(17)8-14(15)3)19-6-13(2)7-20-22(19)23-12-21(24-20)25-4/h6-9,11-12H,5,10H2,1-4H3. The number of aryl methyl sites for hydroxylation is 3. The molecule has 0 radical (unpaired) electrons. The van der Waals surface area contributed by atoms with Gasteiger partial charge in [-0.2, -0.15) is 0 Å². The molecule has 0 N–H and O–H groups in total. The zero-order valence-electron chi connectivity index (χ0n) is 15.2. The summed E-state index contributed by atoms with van der Waals surface area (Å²) in [6.07, 6.45) is 6.03. The number of ether oxygens (including phenoxy) is 1. The average Bonchev–Trinajstić information content (AvgIpc) is 3.02. The second-order valence-electron chi connectivity index (χ2n) is 6.77. The minimum absolute atomic E-state index is 0.552. The minimum Gasteiger partial charge on any atom is -0.480 e. The molecule has 126 valence electrons. The van der Waals surface area contributed by atoms with Gasteiger partial charge in [0.2, 0.25) is 5.88 Å². The molecule has 3 nitrogen and oxygen atoms in total. The number of methoxy groups -OCH3 is 1. The van der Waals surface area contributed by atoms with Crippen molar-refractivity contribution in [3.8, 4) is 5.88 Å². The number of aromatic nitrogens is 2. The third-order valence-corrected chi connectivity index (χ3v) is 5.01. The van der Waals surface area contributed by atoms with E-state index in [4.69, 9.17) is 4.74 Å². The van der Waals surface area contributed by atoms with Crippen LogP contribution in [0.25, 0.3) is 22.7 Å². The molecular weight excluding hydrogens is 308 g/mol. The fourth-order valence-electron chi connectivity index (χ4n) is 3.71. The van der Waals surface area contributed by atoms with Crippen molar-refractivity contribution < 1.29 is 4.74 Å². The van der Waals surface area contributed by atoms with E-state index in [1.807, 2.05) is 0 Å². The van der Waals surface area contributed by atoms with Gasteiger partial charge in [0.25, 0.3) is 0 Å². The lowest BCUT2D eigenvalue weighted by molar-refractivity contribution is 0.397. The highest BCUT2D eigenvalue weighted by Crippen LogP contribution is 2.36. The fourth-order valence-corrected chi connectivity index (χ4v) is 3.71. The molecule has 0 aliphatic heterocycles. The van der Waals surface area contributed by atoms with Gasteiger partial charge in [0.15, 0.2) is 0 Å². The summed E-state index contributed by atoms with van der Waals surface area (Å²) < 4.78 is 5.23. The Morgan fingerprint density at radius 3 is 2.72 bits per heavy atom. The lowest BCUT2D eigenvalue weighted by atomic mass is 9.97. The van der Waals surface area contributed by atoms with Crippen LogP contribution in [0.4, 0.5) is 0 Å². The molecule has 25 heavy (non-hydrogen) atoms. The average molecular weight is 330 g/mol. The van der Waals surface area contributed by atoms with E-state index in [9.17, 15) is 0 Å². The highest BCUT2D eigenvalue weighted by atomic mass is 16.5. The number of fused-ring (bicyclic) bond motifs is 2. The summed E-state index contributed by atoms with van der Waals surface area (Å²) >= 11 is 0. The molecule has 3 aromatic rings. The predicted molar refractivity (Wildman–Crippen MR) is 103 cm³/mol. The van der Waals surface area contributed by atoms with E-state index >= 15 is 0 Å². The molecule has 0 bridgehead atoms. The quantitative estimate of drug-likeness (QED) is 0.684.